The second-order valence-electron chi connectivity index (χ2n) is 7.96. The van der Waals surface area contributed by atoms with Gasteiger partial charge in [-0.2, -0.15) is 12.7 Å². The van der Waals surface area contributed by atoms with Crippen LogP contribution in [0.5, 0.6) is 0 Å². The Hall–Kier alpha value is -0.810. The summed E-state index contributed by atoms with van der Waals surface area (Å²) < 4.78 is 53.4. The van der Waals surface area contributed by atoms with E-state index in [2.05, 4.69) is 0 Å². The van der Waals surface area contributed by atoms with Crippen molar-refractivity contribution in [3.8, 4) is 0 Å². The van der Waals surface area contributed by atoms with Gasteiger partial charge in [-0.25, -0.2) is 9.11 Å². The number of fused-ring (bicyclic) bond motifs is 1. The van der Waals surface area contributed by atoms with E-state index in [-0.39, 0.29) is 18.1 Å². The van der Waals surface area contributed by atoms with Crippen LogP contribution in [-0.2, 0) is 24.5 Å². The van der Waals surface area contributed by atoms with E-state index < -0.39 is 46.9 Å². The van der Waals surface area contributed by atoms with E-state index in [1.807, 2.05) is 18.6 Å². The highest BCUT2D eigenvalue weighted by Gasteiger charge is 2.53. The molecule has 0 aromatic carbocycles. The summed E-state index contributed by atoms with van der Waals surface area (Å²) in [6.07, 6.45) is -0.320. The highest BCUT2D eigenvalue weighted by atomic mass is 32.2. The first-order valence-electron chi connectivity index (χ1n) is 9.56. The highest BCUT2D eigenvalue weighted by Crippen LogP contribution is 2.45. The zero-order valence-electron chi connectivity index (χ0n) is 15.7. The van der Waals surface area contributed by atoms with Gasteiger partial charge in [-0.1, -0.05) is 0 Å². The average molecular weight is 408 g/mol. The number of aliphatic hydroxyl groups is 1. The Kier molecular flexibility index (Phi) is 6.41. The van der Waals surface area contributed by atoms with E-state index >= 15 is 4.39 Å². The number of carbonyl (C=O) groups is 1. The summed E-state index contributed by atoms with van der Waals surface area (Å²) >= 11 is 0. The molecule has 6 atom stereocenters. The van der Waals surface area contributed by atoms with Crippen LogP contribution in [0.2, 0.25) is 0 Å². The second kappa shape index (κ2) is 8.28. The number of rotatable bonds is 6. The van der Waals surface area contributed by atoms with Gasteiger partial charge < -0.3 is 14.6 Å². The molecule has 2 saturated carbocycles. The van der Waals surface area contributed by atoms with Crippen LogP contribution >= 0.6 is 0 Å². The molecule has 27 heavy (non-hydrogen) atoms. The first kappa shape index (κ1) is 20.9. The maximum absolute atomic E-state index is 15.3. The summed E-state index contributed by atoms with van der Waals surface area (Å²) in [4.78, 5) is 11.5. The lowest BCUT2D eigenvalue weighted by atomic mass is 9.66. The molecule has 2 aliphatic carbocycles. The molecule has 3 aliphatic rings. The van der Waals surface area contributed by atoms with Crippen molar-refractivity contribution in [2.75, 3.05) is 19.8 Å². The quantitative estimate of drug-likeness (QED) is 0.615. The minimum absolute atomic E-state index is 0.00742. The van der Waals surface area contributed by atoms with Crippen LogP contribution in [0.1, 0.15) is 39.5 Å². The number of ether oxygens (including phenoxy) is 2. The molecule has 10 heteroatoms. The molecule has 3 fully saturated rings. The third-order valence-corrected chi connectivity index (χ3v) is 7.22. The van der Waals surface area contributed by atoms with Crippen molar-refractivity contribution in [1.29, 1.82) is 0 Å². The molecule has 0 aromatic rings. The topological polar surface area (TPSA) is 105 Å². The second-order valence-corrected chi connectivity index (χ2v) is 9.59. The molecule has 0 spiro atoms. The van der Waals surface area contributed by atoms with Crippen LogP contribution in [0.4, 0.5) is 4.39 Å². The Morgan fingerprint density at radius 2 is 2.04 bits per heavy atom. The summed E-state index contributed by atoms with van der Waals surface area (Å²) in [5.41, 5.74) is 0. The van der Waals surface area contributed by atoms with Crippen LogP contribution in [-0.4, -0.2) is 74.0 Å². The molecule has 1 saturated heterocycles. The summed E-state index contributed by atoms with van der Waals surface area (Å²) in [6, 6.07) is -1.24. The molecular weight excluding hydrogens is 379 g/mol. The van der Waals surface area contributed by atoms with E-state index in [1.54, 1.807) is 0 Å². The van der Waals surface area contributed by atoms with Crippen LogP contribution in [0, 0.1) is 11.8 Å². The van der Waals surface area contributed by atoms with Gasteiger partial charge in [0, 0.05) is 0 Å². The predicted octanol–water partition coefficient (Wildman–Crippen LogP) is 0.361. The Bertz CT molecular complexity index is 645. The van der Waals surface area contributed by atoms with Crippen molar-refractivity contribution in [1.82, 2.24) is 9.03 Å². The van der Waals surface area contributed by atoms with Crippen LogP contribution in [0.25, 0.3) is 0 Å². The molecular formula is C17H29FN2O6S. The van der Waals surface area contributed by atoms with Crippen LogP contribution in [0.15, 0.2) is 0 Å². The Labute approximate surface area is 159 Å². The van der Waals surface area contributed by atoms with Gasteiger partial charge in [-0.15, -0.1) is 0 Å². The molecule has 1 heterocycles. The molecule has 6 unspecified atom stereocenters. The van der Waals surface area contributed by atoms with Gasteiger partial charge in [0.1, 0.15) is 6.17 Å². The standard InChI is InChI=1S/C17H29FN2O6S/c1-10(2)25-5-6-26-12-4-3-11-7-14(21)17(16(18)13(11)8-12)20-9-15(22)19-27(20,23)24/h10-14,16-17,21H,3-9H2,1-2H3,(H,19,22). The number of alkyl halides is 1. The Morgan fingerprint density at radius 1 is 1.30 bits per heavy atom. The summed E-state index contributed by atoms with van der Waals surface area (Å²) in [5.74, 6) is -1.10. The number of hydrogen-bond donors (Lipinski definition) is 2. The number of aliphatic hydroxyl groups excluding tert-OH is 1. The fraction of sp³-hybridized carbons (Fsp3) is 0.941. The number of nitrogens with zero attached hydrogens (tertiary/aromatic N) is 1. The first-order chi connectivity index (χ1) is 12.7. The van der Waals surface area contributed by atoms with E-state index in [4.69, 9.17) is 9.47 Å². The van der Waals surface area contributed by atoms with Crippen molar-refractivity contribution in [2.45, 2.75) is 70.1 Å². The third-order valence-electron chi connectivity index (χ3n) is 5.75. The van der Waals surface area contributed by atoms with Crippen molar-refractivity contribution < 1.29 is 32.2 Å². The van der Waals surface area contributed by atoms with Crippen LogP contribution in [0.3, 0.4) is 0 Å². The number of amides is 1. The van der Waals surface area contributed by atoms with Gasteiger partial charge in [0.25, 0.3) is 0 Å². The molecule has 156 valence electrons. The van der Waals surface area contributed by atoms with Gasteiger partial charge in [0.2, 0.25) is 5.91 Å². The van der Waals surface area contributed by atoms with Gasteiger partial charge in [0.05, 0.1) is 44.1 Å². The highest BCUT2D eigenvalue weighted by molar-refractivity contribution is 7.88. The minimum Gasteiger partial charge on any atom is -0.391 e. The fourth-order valence-electron chi connectivity index (χ4n) is 4.55. The molecule has 8 nitrogen and oxygen atoms in total. The maximum Gasteiger partial charge on any atom is 0.304 e. The third kappa shape index (κ3) is 4.61. The molecule has 1 amide bonds. The number of nitrogens with one attached hydrogen (secondary N) is 1. The fourth-order valence-corrected chi connectivity index (χ4v) is 5.89. The van der Waals surface area contributed by atoms with Crippen molar-refractivity contribution in [3.63, 3.8) is 0 Å². The summed E-state index contributed by atoms with van der Waals surface area (Å²) in [7, 11) is -4.09. The zero-order chi connectivity index (χ0) is 19.8. The molecule has 2 N–H and O–H groups in total. The lowest BCUT2D eigenvalue weighted by Crippen LogP contribution is -2.59. The van der Waals surface area contributed by atoms with Gasteiger partial charge >= 0.3 is 10.2 Å². The van der Waals surface area contributed by atoms with Crippen LogP contribution < -0.4 is 4.72 Å². The van der Waals surface area contributed by atoms with Gasteiger partial charge in [-0.05, 0) is 51.4 Å². The van der Waals surface area contributed by atoms with Crippen molar-refractivity contribution >= 4 is 16.1 Å². The summed E-state index contributed by atoms with van der Waals surface area (Å²) in [6.45, 7) is 4.34. The zero-order valence-corrected chi connectivity index (χ0v) is 16.5. The average Bonchev–Trinajstić information content (AvgIpc) is 2.84. The number of halogens is 1. The molecule has 0 radical (unpaired) electrons. The smallest absolute Gasteiger partial charge is 0.304 e. The van der Waals surface area contributed by atoms with E-state index in [0.29, 0.717) is 26.1 Å². The number of carbonyl (C=O) groups excluding carboxylic acids is 1. The maximum atomic E-state index is 15.3. The molecule has 0 bridgehead atoms. The van der Waals surface area contributed by atoms with E-state index in [1.165, 1.54) is 0 Å². The molecule has 1 aliphatic heterocycles. The largest absolute Gasteiger partial charge is 0.391 e. The van der Waals surface area contributed by atoms with Gasteiger partial charge in [-0.3, -0.25) is 4.79 Å². The lowest BCUT2D eigenvalue weighted by molar-refractivity contribution is -0.121. The molecule has 3 rings (SSSR count). The SMILES string of the molecule is CC(C)OCCOC1CCC2CC(O)C(N3CC(=O)NS3(=O)=O)C(F)C2C1. The Balaban J connectivity index is 1.64. The number of hydrogen-bond acceptors (Lipinski definition) is 6. The first-order valence-corrected chi connectivity index (χ1v) is 11.0. The lowest BCUT2D eigenvalue weighted by Gasteiger charge is -2.47. The molecule has 0 aromatic heterocycles. The predicted molar refractivity (Wildman–Crippen MR) is 94.7 cm³/mol. The van der Waals surface area contributed by atoms with Crippen molar-refractivity contribution in [3.05, 3.63) is 0 Å². The normalized spacial score (nSPS) is 39.4. The minimum atomic E-state index is -4.09. The van der Waals surface area contributed by atoms with Crippen molar-refractivity contribution in [2.24, 2.45) is 11.8 Å². The van der Waals surface area contributed by atoms with E-state index in [9.17, 15) is 18.3 Å². The monoisotopic (exact) mass is 408 g/mol. The Morgan fingerprint density at radius 3 is 2.67 bits per heavy atom. The summed E-state index contributed by atoms with van der Waals surface area (Å²) in [5, 5.41) is 10.4. The van der Waals surface area contributed by atoms with E-state index in [0.717, 1.165) is 17.1 Å². The van der Waals surface area contributed by atoms with Gasteiger partial charge in [0.15, 0.2) is 0 Å².